The van der Waals surface area contributed by atoms with E-state index in [1.807, 2.05) is 12.1 Å². The van der Waals surface area contributed by atoms with E-state index in [-0.39, 0.29) is 5.97 Å². The first kappa shape index (κ1) is 27.2. The molecule has 6 nitrogen and oxygen atoms in total. The molecular weight excluding hydrogens is 432 g/mol. The van der Waals surface area contributed by atoms with Crippen LogP contribution in [0.3, 0.4) is 0 Å². The number of benzene rings is 2. The second kappa shape index (κ2) is 16.6. The summed E-state index contributed by atoms with van der Waals surface area (Å²) in [5.41, 5.74) is 0.463. The van der Waals surface area contributed by atoms with Crippen molar-refractivity contribution < 1.29 is 28.5 Å². The minimum Gasteiger partial charge on any atom is -0.494 e. The van der Waals surface area contributed by atoms with Gasteiger partial charge in [0, 0.05) is 6.42 Å². The molecule has 0 heterocycles. The number of unbranched alkanes of at least 4 members (excludes halogenated alkanes) is 6. The molecule has 0 fully saturated rings. The van der Waals surface area contributed by atoms with Crippen LogP contribution in [-0.4, -0.2) is 31.8 Å². The highest BCUT2D eigenvalue weighted by Crippen LogP contribution is 2.20. The minimum absolute atomic E-state index is 0.147. The third kappa shape index (κ3) is 11.2. The van der Waals surface area contributed by atoms with Crippen molar-refractivity contribution in [3.05, 3.63) is 54.1 Å². The molecule has 0 amide bonds. The number of hydrogen-bond donors (Lipinski definition) is 0. The largest absolute Gasteiger partial charge is 0.494 e. The average molecular weight is 471 g/mol. The first-order valence-corrected chi connectivity index (χ1v) is 12.5. The molecule has 6 heteroatoms. The predicted octanol–water partition coefficient (Wildman–Crippen LogP) is 6.76. The van der Waals surface area contributed by atoms with Crippen LogP contribution in [0, 0.1) is 0 Å². The van der Waals surface area contributed by atoms with E-state index in [4.69, 9.17) is 18.9 Å². The van der Waals surface area contributed by atoms with Gasteiger partial charge in [-0.05, 0) is 80.6 Å². The van der Waals surface area contributed by atoms with Gasteiger partial charge in [-0.1, -0.05) is 33.1 Å². The molecule has 0 aromatic heterocycles. The summed E-state index contributed by atoms with van der Waals surface area (Å²) in [6.45, 7) is 5.77. The molecule has 0 aliphatic heterocycles. The molecule has 2 aromatic rings. The molecule has 0 saturated carbocycles. The quantitative estimate of drug-likeness (QED) is 0.145. The number of rotatable bonds is 17. The van der Waals surface area contributed by atoms with Crippen LogP contribution in [0.1, 0.15) is 82.0 Å². The maximum Gasteiger partial charge on any atom is 0.343 e. The molecule has 0 atom stereocenters. The van der Waals surface area contributed by atoms with Crippen LogP contribution in [0.2, 0.25) is 0 Å². The lowest BCUT2D eigenvalue weighted by Crippen LogP contribution is -2.08. The molecule has 186 valence electrons. The summed E-state index contributed by atoms with van der Waals surface area (Å²) in [6.07, 6.45) is 8.88. The number of carbonyl (C=O) groups excluding carboxylic acids is 2. The van der Waals surface area contributed by atoms with Crippen LogP contribution in [0.4, 0.5) is 0 Å². The van der Waals surface area contributed by atoms with Crippen molar-refractivity contribution in [1.82, 2.24) is 0 Å². The smallest absolute Gasteiger partial charge is 0.343 e. The molecule has 2 aromatic carbocycles. The van der Waals surface area contributed by atoms with Crippen LogP contribution < -0.4 is 14.2 Å². The van der Waals surface area contributed by atoms with Gasteiger partial charge in [0.15, 0.2) is 0 Å². The Hall–Kier alpha value is -3.02. The number of hydrogen-bond acceptors (Lipinski definition) is 6. The third-order valence-corrected chi connectivity index (χ3v) is 5.25. The van der Waals surface area contributed by atoms with Crippen molar-refractivity contribution in [3.8, 4) is 17.2 Å². The standard InChI is InChI=1S/C28H38O6/c1-3-5-6-9-20-32-25-16-18-26(19-17-25)34-28(30)23-12-14-24(15-13-23)31-21-10-7-8-11-22-33-27(29)4-2/h12-19H,3-11,20-22H2,1-2H3. The summed E-state index contributed by atoms with van der Waals surface area (Å²) in [4.78, 5) is 23.5. The summed E-state index contributed by atoms with van der Waals surface area (Å²) in [5.74, 6) is 1.41. The molecule has 0 spiro atoms. The monoisotopic (exact) mass is 470 g/mol. The van der Waals surface area contributed by atoms with E-state index in [9.17, 15) is 9.59 Å². The molecule has 0 unspecified atom stereocenters. The van der Waals surface area contributed by atoms with Crippen molar-refractivity contribution in [2.24, 2.45) is 0 Å². The Kier molecular flexibility index (Phi) is 13.3. The summed E-state index contributed by atoms with van der Waals surface area (Å²) in [6, 6.07) is 14.1. The molecule has 0 saturated heterocycles. The topological polar surface area (TPSA) is 71.1 Å². The molecule has 0 bridgehead atoms. The SMILES string of the molecule is CCCCCCOc1ccc(OC(=O)c2ccc(OCCCCCCOC(=O)CC)cc2)cc1. The highest BCUT2D eigenvalue weighted by atomic mass is 16.5. The zero-order valence-electron chi connectivity index (χ0n) is 20.6. The molecule has 0 aliphatic carbocycles. The summed E-state index contributed by atoms with van der Waals surface area (Å²) < 4.78 is 22.0. The van der Waals surface area contributed by atoms with E-state index in [1.54, 1.807) is 43.3 Å². The van der Waals surface area contributed by atoms with Gasteiger partial charge >= 0.3 is 11.9 Å². The van der Waals surface area contributed by atoms with Crippen molar-refractivity contribution in [1.29, 1.82) is 0 Å². The van der Waals surface area contributed by atoms with Gasteiger partial charge in [-0.15, -0.1) is 0 Å². The third-order valence-electron chi connectivity index (χ3n) is 5.25. The fraction of sp³-hybridized carbons (Fsp3) is 0.500. The van der Waals surface area contributed by atoms with Crippen molar-refractivity contribution in [2.75, 3.05) is 19.8 Å². The first-order valence-electron chi connectivity index (χ1n) is 12.5. The first-order chi connectivity index (χ1) is 16.6. The van der Waals surface area contributed by atoms with Crippen LogP contribution in [-0.2, 0) is 9.53 Å². The highest BCUT2D eigenvalue weighted by molar-refractivity contribution is 5.91. The van der Waals surface area contributed by atoms with Crippen molar-refractivity contribution in [3.63, 3.8) is 0 Å². The fourth-order valence-corrected chi connectivity index (χ4v) is 3.21. The van der Waals surface area contributed by atoms with E-state index in [0.29, 0.717) is 43.3 Å². The van der Waals surface area contributed by atoms with E-state index >= 15 is 0 Å². The Morgan fingerprint density at radius 1 is 0.618 bits per heavy atom. The average Bonchev–Trinajstić information content (AvgIpc) is 2.86. The highest BCUT2D eigenvalue weighted by Gasteiger charge is 2.09. The summed E-state index contributed by atoms with van der Waals surface area (Å²) >= 11 is 0. The molecule has 2 rings (SSSR count). The minimum atomic E-state index is -0.413. The Morgan fingerprint density at radius 3 is 1.68 bits per heavy atom. The van der Waals surface area contributed by atoms with Crippen LogP contribution in [0.25, 0.3) is 0 Å². The maximum atomic E-state index is 12.4. The molecular formula is C28H38O6. The zero-order valence-corrected chi connectivity index (χ0v) is 20.6. The molecule has 0 aliphatic rings. The zero-order chi connectivity index (χ0) is 24.4. The van der Waals surface area contributed by atoms with Crippen molar-refractivity contribution in [2.45, 2.75) is 71.6 Å². The van der Waals surface area contributed by atoms with Crippen molar-refractivity contribution >= 4 is 11.9 Å². The van der Waals surface area contributed by atoms with Crippen LogP contribution >= 0.6 is 0 Å². The van der Waals surface area contributed by atoms with Crippen LogP contribution in [0.5, 0.6) is 17.2 Å². The lowest BCUT2D eigenvalue weighted by atomic mass is 10.2. The van der Waals surface area contributed by atoms with E-state index in [1.165, 1.54) is 19.3 Å². The van der Waals surface area contributed by atoms with E-state index in [0.717, 1.165) is 37.9 Å². The van der Waals surface area contributed by atoms with E-state index < -0.39 is 5.97 Å². The second-order valence-corrected chi connectivity index (χ2v) is 8.13. The second-order valence-electron chi connectivity index (χ2n) is 8.13. The van der Waals surface area contributed by atoms with Crippen LogP contribution in [0.15, 0.2) is 48.5 Å². The van der Waals surface area contributed by atoms with Gasteiger partial charge in [-0.3, -0.25) is 4.79 Å². The Labute approximate surface area is 203 Å². The van der Waals surface area contributed by atoms with E-state index in [2.05, 4.69) is 6.92 Å². The van der Waals surface area contributed by atoms with Gasteiger partial charge in [0.05, 0.1) is 25.4 Å². The number of carbonyl (C=O) groups is 2. The lowest BCUT2D eigenvalue weighted by molar-refractivity contribution is -0.143. The summed E-state index contributed by atoms with van der Waals surface area (Å²) in [5, 5.41) is 0. The molecule has 0 radical (unpaired) electrons. The fourth-order valence-electron chi connectivity index (χ4n) is 3.21. The van der Waals surface area contributed by atoms with Gasteiger partial charge in [0.2, 0.25) is 0 Å². The Morgan fingerprint density at radius 2 is 1.12 bits per heavy atom. The normalized spacial score (nSPS) is 10.5. The molecule has 0 N–H and O–H groups in total. The maximum absolute atomic E-state index is 12.4. The summed E-state index contributed by atoms with van der Waals surface area (Å²) in [7, 11) is 0. The lowest BCUT2D eigenvalue weighted by Gasteiger charge is -2.09. The van der Waals surface area contributed by atoms with Gasteiger partial charge < -0.3 is 18.9 Å². The number of ether oxygens (including phenoxy) is 4. The molecule has 34 heavy (non-hydrogen) atoms. The van der Waals surface area contributed by atoms with Gasteiger partial charge in [0.25, 0.3) is 0 Å². The predicted molar refractivity (Wildman–Crippen MR) is 133 cm³/mol. The Bertz CT molecular complexity index is 829. The van der Waals surface area contributed by atoms with Gasteiger partial charge in [-0.2, -0.15) is 0 Å². The van der Waals surface area contributed by atoms with Gasteiger partial charge in [-0.25, -0.2) is 4.79 Å². The van der Waals surface area contributed by atoms with Gasteiger partial charge in [0.1, 0.15) is 17.2 Å². The number of esters is 2. The Balaban J connectivity index is 1.63.